The third-order valence-corrected chi connectivity index (χ3v) is 5.84. The smallest absolute Gasteiger partial charge is 0.231 e. The van der Waals surface area contributed by atoms with Crippen LogP contribution in [-0.4, -0.2) is 53.8 Å². The van der Waals surface area contributed by atoms with E-state index in [1.54, 1.807) is 7.11 Å². The highest BCUT2D eigenvalue weighted by molar-refractivity contribution is 5.57. The number of ether oxygens (including phenoxy) is 3. The summed E-state index contributed by atoms with van der Waals surface area (Å²) in [5.74, 6) is 1.33. The van der Waals surface area contributed by atoms with Crippen molar-refractivity contribution in [3.8, 4) is 11.5 Å². The van der Waals surface area contributed by atoms with Crippen LogP contribution >= 0.6 is 0 Å². The van der Waals surface area contributed by atoms with Crippen LogP contribution in [0.15, 0.2) is 24.3 Å². The molecule has 2 unspecified atom stereocenters. The van der Waals surface area contributed by atoms with E-state index in [4.69, 9.17) is 14.2 Å². The maximum absolute atomic E-state index is 10.8. The Hall–Kier alpha value is -1.60. The van der Waals surface area contributed by atoms with Gasteiger partial charge in [0.05, 0.1) is 17.6 Å². The largest absolute Gasteiger partial charge is 0.454 e. The van der Waals surface area contributed by atoms with Crippen LogP contribution in [0.2, 0.25) is 0 Å². The minimum Gasteiger partial charge on any atom is -0.454 e. The molecule has 6 heteroatoms. The van der Waals surface area contributed by atoms with Gasteiger partial charge in [0.1, 0.15) is 6.23 Å². The zero-order valence-corrected chi connectivity index (χ0v) is 12.8. The quantitative estimate of drug-likeness (QED) is 0.742. The number of aliphatic hydroxyl groups excluding tert-OH is 2. The molecular weight excluding hydrogens is 298 g/mol. The monoisotopic (exact) mass is 317 g/mol. The Labute approximate surface area is 133 Å². The van der Waals surface area contributed by atoms with Gasteiger partial charge in [-0.1, -0.05) is 12.2 Å². The van der Waals surface area contributed by atoms with Crippen LogP contribution in [0.25, 0.3) is 0 Å². The van der Waals surface area contributed by atoms with Crippen molar-refractivity contribution >= 4 is 0 Å². The Morgan fingerprint density at radius 2 is 2.04 bits per heavy atom. The molecule has 2 bridgehead atoms. The lowest BCUT2D eigenvalue weighted by atomic mass is 9.65. The Balaban J connectivity index is 1.75. The summed E-state index contributed by atoms with van der Waals surface area (Å²) in [4.78, 5) is 1.98. The Morgan fingerprint density at radius 1 is 1.26 bits per heavy atom. The number of methoxy groups -OCH3 is 1. The van der Waals surface area contributed by atoms with Crippen molar-refractivity contribution in [1.29, 1.82) is 0 Å². The van der Waals surface area contributed by atoms with Gasteiger partial charge in [-0.2, -0.15) is 0 Å². The predicted octanol–water partition coefficient (Wildman–Crippen LogP) is 0.678. The van der Waals surface area contributed by atoms with E-state index in [9.17, 15) is 10.2 Å². The van der Waals surface area contributed by atoms with Crippen LogP contribution in [0.5, 0.6) is 11.5 Å². The first-order chi connectivity index (χ1) is 11.1. The summed E-state index contributed by atoms with van der Waals surface area (Å²) in [5, 5.41) is 21.7. The van der Waals surface area contributed by atoms with E-state index in [0.29, 0.717) is 18.0 Å². The Bertz CT molecular complexity index is 704. The number of aliphatic hydroxyl groups is 2. The second-order valence-corrected chi connectivity index (χ2v) is 6.70. The first-order valence-corrected chi connectivity index (χ1v) is 7.93. The average Bonchev–Trinajstić information content (AvgIpc) is 3.12. The molecular formula is C17H19NO5. The van der Waals surface area contributed by atoms with Gasteiger partial charge in [0.25, 0.3) is 0 Å². The van der Waals surface area contributed by atoms with Gasteiger partial charge >= 0.3 is 0 Å². The van der Waals surface area contributed by atoms with Gasteiger partial charge in [0, 0.05) is 25.3 Å². The molecule has 1 aromatic rings. The molecule has 2 N–H and O–H groups in total. The highest BCUT2D eigenvalue weighted by Gasteiger charge is 2.61. The van der Waals surface area contributed by atoms with Gasteiger partial charge in [-0.15, -0.1) is 0 Å². The van der Waals surface area contributed by atoms with Crippen LogP contribution in [-0.2, 0) is 10.2 Å². The molecule has 0 aromatic heterocycles. The van der Waals surface area contributed by atoms with Crippen LogP contribution in [0, 0.1) is 0 Å². The molecule has 3 aliphatic heterocycles. The number of hydrogen-bond donors (Lipinski definition) is 2. The third kappa shape index (κ3) is 1.57. The van der Waals surface area contributed by atoms with E-state index in [1.165, 1.54) is 0 Å². The van der Waals surface area contributed by atoms with Gasteiger partial charge < -0.3 is 24.4 Å². The Kier molecular flexibility index (Phi) is 2.69. The van der Waals surface area contributed by atoms with Crippen LogP contribution in [0.1, 0.15) is 23.8 Å². The van der Waals surface area contributed by atoms with E-state index < -0.39 is 17.7 Å². The predicted molar refractivity (Wildman–Crippen MR) is 80.3 cm³/mol. The average molecular weight is 317 g/mol. The molecule has 0 amide bonds. The molecule has 23 heavy (non-hydrogen) atoms. The SMILES string of the molecule is CO[C@H]1C=CC23c4cc5c(cc4[C@H](O)N(C[C@H]2O)[C@H]3C1)OCO5. The summed E-state index contributed by atoms with van der Waals surface area (Å²) in [7, 11) is 1.69. The molecule has 6 atom stereocenters. The molecule has 1 fully saturated rings. The van der Waals surface area contributed by atoms with E-state index >= 15 is 0 Å². The highest BCUT2D eigenvalue weighted by atomic mass is 16.7. The van der Waals surface area contributed by atoms with E-state index in [-0.39, 0.29) is 18.9 Å². The van der Waals surface area contributed by atoms with Crippen LogP contribution < -0.4 is 9.47 Å². The van der Waals surface area contributed by atoms with Crippen molar-refractivity contribution in [2.75, 3.05) is 20.4 Å². The van der Waals surface area contributed by atoms with Crippen molar-refractivity contribution < 1.29 is 24.4 Å². The fraction of sp³-hybridized carbons (Fsp3) is 0.529. The van der Waals surface area contributed by atoms with Crippen LogP contribution in [0.4, 0.5) is 0 Å². The molecule has 3 heterocycles. The second-order valence-electron chi connectivity index (χ2n) is 6.70. The van der Waals surface area contributed by atoms with E-state index in [2.05, 4.69) is 6.08 Å². The fourth-order valence-electron chi connectivity index (χ4n) is 4.71. The lowest BCUT2D eigenvalue weighted by Gasteiger charge is -2.48. The molecule has 122 valence electrons. The maximum Gasteiger partial charge on any atom is 0.231 e. The second kappa shape index (κ2) is 4.48. The normalized spacial score (nSPS) is 42.5. The molecule has 1 aromatic carbocycles. The minimum atomic E-state index is -0.751. The summed E-state index contributed by atoms with van der Waals surface area (Å²) in [6.07, 6.45) is 3.51. The number of nitrogens with zero attached hydrogens (tertiary/aromatic N) is 1. The third-order valence-electron chi connectivity index (χ3n) is 5.84. The number of hydrogen-bond acceptors (Lipinski definition) is 6. The zero-order valence-electron chi connectivity index (χ0n) is 12.8. The van der Waals surface area contributed by atoms with Crippen LogP contribution in [0.3, 0.4) is 0 Å². The Morgan fingerprint density at radius 3 is 2.83 bits per heavy atom. The molecule has 6 nitrogen and oxygen atoms in total. The van der Waals surface area contributed by atoms with Crippen molar-refractivity contribution in [1.82, 2.24) is 4.90 Å². The molecule has 0 saturated carbocycles. The summed E-state index contributed by atoms with van der Waals surface area (Å²) < 4.78 is 16.4. The molecule has 0 radical (unpaired) electrons. The summed E-state index contributed by atoms with van der Waals surface area (Å²) in [6, 6.07) is 3.79. The van der Waals surface area contributed by atoms with Gasteiger partial charge in [0.15, 0.2) is 11.5 Å². The topological polar surface area (TPSA) is 71.4 Å². The summed E-state index contributed by atoms with van der Waals surface area (Å²) >= 11 is 0. The van der Waals surface area contributed by atoms with Crippen molar-refractivity contribution in [3.05, 3.63) is 35.4 Å². The van der Waals surface area contributed by atoms with Crippen molar-refractivity contribution in [2.45, 2.75) is 36.3 Å². The van der Waals surface area contributed by atoms with E-state index in [1.807, 2.05) is 23.1 Å². The van der Waals surface area contributed by atoms with Gasteiger partial charge in [-0.25, -0.2) is 0 Å². The maximum atomic E-state index is 10.8. The number of benzene rings is 1. The van der Waals surface area contributed by atoms with Gasteiger partial charge in [-0.05, 0) is 24.1 Å². The number of rotatable bonds is 1. The molecule has 0 spiro atoms. The zero-order chi connectivity index (χ0) is 15.8. The first kappa shape index (κ1) is 13.8. The van der Waals surface area contributed by atoms with Gasteiger partial charge in [-0.3, -0.25) is 4.90 Å². The highest BCUT2D eigenvalue weighted by Crippen LogP contribution is 2.56. The van der Waals surface area contributed by atoms with E-state index in [0.717, 1.165) is 17.5 Å². The van der Waals surface area contributed by atoms with Crippen molar-refractivity contribution in [2.24, 2.45) is 0 Å². The molecule has 1 aliphatic carbocycles. The van der Waals surface area contributed by atoms with Gasteiger partial charge in [0.2, 0.25) is 6.79 Å². The minimum absolute atomic E-state index is 0.00341. The lowest BCUT2D eigenvalue weighted by Crippen LogP contribution is -2.53. The van der Waals surface area contributed by atoms with Crippen molar-refractivity contribution in [3.63, 3.8) is 0 Å². The molecule has 1 saturated heterocycles. The number of fused-ring (bicyclic) bond motifs is 2. The lowest BCUT2D eigenvalue weighted by molar-refractivity contribution is -0.0399. The molecule has 5 rings (SSSR count). The first-order valence-electron chi connectivity index (χ1n) is 7.93. The molecule has 4 aliphatic rings. The summed E-state index contributed by atoms with van der Waals surface area (Å²) in [6.45, 7) is 0.631. The fourth-order valence-corrected chi connectivity index (χ4v) is 4.71. The standard InChI is InChI=1S/C17H19NO5/c1-21-9-2-3-17-11-6-13-12(22-8-23-13)5-10(11)16(20)18(7-15(17)19)14(17)4-9/h2-3,5-6,9,14-16,19-20H,4,7-8H2,1H3/t9-,14-,15+,16-,17?/m0/s1. The summed E-state index contributed by atoms with van der Waals surface area (Å²) in [5.41, 5.74) is 1.21.